The average Bonchev–Trinajstić information content (AvgIpc) is 2.28. The summed E-state index contributed by atoms with van der Waals surface area (Å²) in [5, 5.41) is 3.59. The van der Waals surface area contributed by atoms with Gasteiger partial charge in [-0.25, -0.2) is 0 Å². The first-order chi connectivity index (χ1) is 7.36. The van der Waals surface area contributed by atoms with Gasteiger partial charge in [0.1, 0.15) is 0 Å². The zero-order chi connectivity index (χ0) is 10.9. The quantitative estimate of drug-likeness (QED) is 0.694. The normalized spacial score (nSPS) is 21.1. The van der Waals surface area contributed by atoms with Crippen molar-refractivity contribution in [2.24, 2.45) is 0 Å². The van der Waals surface area contributed by atoms with Gasteiger partial charge in [0.25, 0.3) is 0 Å². The highest BCUT2D eigenvalue weighted by Gasteiger charge is 2.15. The van der Waals surface area contributed by atoms with Crippen molar-refractivity contribution < 1.29 is 0 Å². The first-order valence-corrected chi connectivity index (χ1v) is 6.22. The summed E-state index contributed by atoms with van der Waals surface area (Å²) in [5.41, 5.74) is 0. The molecule has 0 bridgehead atoms. The van der Waals surface area contributed by atoms with E-state index >= 15 is 0 Å². The molecule has 86 valence electrons. The van der Waals surface area contributed by atoms with E-state index in [9.17, 15) is 0 Å². The lowest BCUT2D eigenvalue weighted by Crippen LogP contribution is -2.44. The topological polar surface area (TPSA) is 15.3 Å². The van der Waals surface area contributed by atoms with Gasteiger partial charge in [0, 0.05) is 12.6 Å². The molecule has 1 fully saturated rings. The van der Waals surface area contributed by atoms with E-state index in [1.165, 1.54) is 45.3 Å². The second-order valence-corrected chi connectivity index (χ2v) is 4.31. The zero-order valence-corrected chi connectivity index (χ0v) is 10.2. The van der Waals surface area contributed by atoms with Crippen LogP contribution in [0.25, 0.3) is 0 Å². The largest absolute Gasteiger partial charge is 0.313 e. The van der Waals surface area contributed by atoms with Gasteiger partial charge in [0.2, 0.25) is 0 Å². The van der Waals surface area contributed by atoms with Gasteiger partial charge >= 0.3 is 0 Å². The van der Waals surface area contributed by atoms with Crippen LogP contribution in [0.4, 0.5) is 0 Å². The van der Waals surface area contributed by atoms with Crippen molar-refractivity contribution in [1.29, 1.82) is 0 Å². The molecule has 1 aliphatic rings. The van der Waals surface area contributed by atoms with E-state index in [0.717, 1.165) is 6.54 Å². The van der Waals surface area contributed by atoms with E-state index in [-0.39, 0.29) is 0 Å². The Morgan fingerprint density at radius 2 is 2.27 bits per heavy atom. The van der Waals surface area contributed by atoms with E-state index < -0.39 is 0 Å². The third kappa shape index (κ3) is 5.20. The predicted octanol–water partition coefficient (Wildman–Crippen LogP) is 1.86. The van der Waals surface area contributed by atoms with Crippen molar-refractivity contribution in [1.82, 2.24) is 10.2 Å². The number of rotatable bonds is 5. The fraction of sp³-hybridized carbons (Fsp3) is 0.846. The minimum atomic E-state index is 0.698. The molecule has 15 heavy (non-hydrogen) atoms. The third-order valence-corrected chi connectivity index (χ3v) is 2.91. The molecule has 1 atom stereocenters. The number of piperidine rings is 1. The molecule has 1 heterocycles. The highest BCUT2D eigenvalue weighted by atomic mass is 15.1. The molecule has 2 heteroatoms. The highest BCUT2D eigenvalue weighted by molar-refractivity contribution is 4.98. The van der Waals surface area contributed by atoms with Gasteiger partial charge in [-0.05, 0) is 39.3 Å². The molecule has 1 rings (SSSR count). The first-order valence-electron chi connectivity index (χ1n) is 6.22. The number of hydrogen-bond donors (Lipinski definition) is 1. The Hall–Kier alpha value is -0.520. The molecule has 0 saturated carbocycles. The van der Waals surface area contributed by atoms with Crippen LogP contribution in [0.15, 0.2) is 0 Å². The molecule has 1 N–H and O–H groups in total. The third-order valence-electron chi connectivity index (χ3n) is 2.91. The minimum absolute atomic E-state index is 0.698. The van der Waals surface area contributed by atoms with E-state index in [0.29, 0.717) is 6.04 Å². The molecule has 2 nitrogen and oxygen atoms in total. The van der Waals surface area contributed by atoms with Crippen LogP contribution in [-0.2, 0) is 0 Å². The summed E-state index contributed by atoms with van der Waals surface area (Å²) in [7, 11) is 0. The zero-order valence-electron chi connectivity index (χ0n) is 10.2. The molecule has 0 spiro atoms. The maximum atomic E-state index is 3.59. The van der Waals surface area contributed by atoms with Crippen LogP contribution in [0.2, 0.25) is 0 Å². The lowest BCUT2D eigenvalue weighted by Gasteiger charge is -2.29. The van der Waals surface area contributed by atoms with E-state index in [1.54, 1.807) is 0 Å². The van der Waals surface area contributed by atoms with Crippen molar-refractivity contribution in [3.8, 4) is 11.8 Å². The lowest BCUT2D eigenvalue weighted by atomic mass is 10.0. The van der Waals surface area contributed by atoms with Gasteiger partial charge in [-0.1, -0.05) is 19.3 Å². The molecule has 0 radical (unpaired) electrons. The summed E-state index contributed by atoms with van der Waals surface area (Å²) >= 11 is 0. The first kappa shape index (κ1) is 12.5. The van der Waals surface area contributed by atoms with E-state index in [2.05, 4.69) is 29.0 Å². The highest BCUT2D eigenvalue weighted by Crippen LogP contribution is 2.08. The Bertz CT molecular complexity index is 208. The predicted molar refractivity (Wildman–Crippen MR) is 65.8 cm³/mol. The lowest BCUT2D eigenvalue weighted by molar-refractivity contribution is 0.245. The molecule has 0 aromatic heterocycles. The van der Waals surface area contributed by atoms with Gasteiger partial charge < -0.3 is 5.32 Å². The minimum Gasteiger partial charge on any atom is -0.313 e. The van der Waals surface area contributed by atoms with Crippen molar-refractivity contribution in [2.75, 3.05) is 26.2 Å². The Morgan fingerprint density at radius 3 is 2.87 bits per heavy atom. The van der Waals surface area contributed by atoms with Crippen molar-refractivity contribution in [3.05, 3.63) is 0 Å². The molecule has 0 aromatic carbocycles. The maximum Gasteiger partial charge on any atom is 0.0602 e. The summed E-state index contributed by atoms with van der Waals surface area (Å²) in [4.78, 5) is 2.47. The Kier molecular flexibility index (Phi) is 6.47. The molecule has 0 amide bonds. The summed E-state index contributed by atoms with van der Waals surface area (Å²) in [6, 6.07) is 0.698. The van der Waals surface area contributed by atoms with Crippen molar-refractivity contribution >= 4 is 0 Å². The summed E-state index contributed by atoms with van der Waals surface area (Å²) in [6.07, 6.45) is 5.29. The van der Waals surface area contributed by atoms with E-state index in [1.807, 2.05) is 6.92 Å². The van der Waals surface area contributed by atoms with Gasteiger partial charge in [-0.15, -0.1) is 5.92 Å². The van der Waals surface area contributed by atoms with Crippen molar-refractivity contribution in [3.63, 3.8) is 0 Å². The van der Waals surface area contributed by atoms with Crippen LogP contribution >= 0.6 is 0 Å². The molecule has 0 aromatic rings. The number of nitrogens with one attached hydrogen (secondary N) is 1. The second kappa shape index (κ2) is 7.73. The van der Waals surface area contributed by atoms with Crippen LogP contribution in [0.3, 0.4) is 0 Å². The van der Waals surface area contributed by atoms with Crippen LogP contribution in [-0.4, -0.2) is 37.1 Å². The average molecular weight is 208 g/mol. The Balaban J connectivity index is 2.29. The second-order valence-electron chi connectivity index (χ2n) is 4.31. The number of nitrogens with zero attached hydrogens (tertiary/aromatic N) is 1. The maximum absolute atomic E-state index is 3.59. The Labute approximate surface area is 94.4 Å². The molecular weight excluding hydrogens is 184 g/mol. The molecule has 1 saturated heterocycles. The molecule has 0 aliphatic carbocycles. The summed E-state index contributed by atoms with van der Waals surface area (Å²) in [6.45, 7) is 8.63. The monoisotopic (exact) mass is 208 g/mol. The summed E-state index contributed by atoms with van der Waals surface area (Å²) < 4.78 is 0. The molecule has 1 aliphatic heterocycles. The fourth-order valence-corrected chi connectivity index (χ4v) is 2.13. The van der Waals surface area contributed by atoms with Crippen LogP contribution in [0, 0.1) is 11.8 Å². The van der Waals surface area contributed by atoms with E-state index in [4.69, 9.17) is 0 Å². The van der Waals surface area contributed by atoms with Gasteiger partial charge in [0.05, 0.1) is 6.54 Å². The van der Waals surface area contributed by atoms with Crippen LogP contribution in [0.5, 0.6) is 0 Å². The van der Waals surface area contributed by atoms with Crippen LogP contribution < -0.4 is 5.32 Å². The van der Waals surface area contributed by atoms with Gasteiger partial charge in [-0.2, -0.15) is 0 Å². The summed E-state index contributed by atoms with van der Waals surface area (Å²) in [5.74, 6) is 6.15. The standard InChI is InChI=1S/C13H24N2/c1-3-5-11-15(10-4-2)12-13-8-6-7-9-14-13/h13-14H,4,6-12H2,1-2H3. The van der Waals surface area contributed by atoms with Crippen LogP contribution in [0.1, 0.15) is 39.5 Å². The fourth-order valence-electron chi connectivity index (χ4n) is 2.13. The van der Waals surface area contributed by atoms with Gasteiger partial charge in [-0.3, -0.25) is 4.90 Å². The SMILES string of the molecule is CC#CCN(CCC)CC1CCCCN1. The smallest absolute Gasteiger partial charge is 0.0602 e. The van der Waals surface area contributed by atoms with Crippen molar-refractivity contribution in [2.45, 2.75) is 45.6 Å². The Morgan fingerprint density at radius 1 is 1.40 bits per heavy atom. The molecule has 1 unspecified atom stereocenters. The number of hydrogen-bond acceptors (Lipinski definition) is 2. The van der Waals surface area contributed by atoms with Gasteiger partial charge in [0.15, 0.2) is 0 Å². The molecular formula is C13H24N2.